The van der Waals surface area contributed by atoms with Crippen molar-refractivity contribution in [3.63, 3.8) is 0 Å². The van der Waals surface area contributed by atoms with E-state index in [0.29, 0.717) is 5.39 Å². The number of halogens is 3. The number of hydrogen-bond donors (Lipinski definition) is 0. The highest BCUT2D eigenvalue weighted by atomic mass is 127. The maximum Gasteiger partial charge on any atom is 0.387 e. The molecule has 0 aliphatic rings. The number of hydrogen-bond acceptors (Lipinski definition) is 1. The third-order valence-corrected chi connectivity index (χ3v) is 2.63. The van der Waals surface area contributed by atoms with E-state index in [1.807, 2.05) is 18.2 Å². The lowest BCUT2D eigenvalue weighted by Crippen LogP contribution is -2.02. The maximum atomic E-state index is 12.2. The Balaban J connectivity index is 2.60. The Kier molecular flexibility index (Phi) is 3.04. The van der Waals surface area contributed by atoms with Crippen molar-refractivity contribution < 1.29 is 13.5 Å². The first kappa shape index (κ1) is 10.6. The highest BCUT2D eigenvalue weighted by Crippen LogP contribution is 2.29. The van der Waals surface area contributed by atoms with Crippen molar-refractivity contribution in [1.82, 2.24) is 0 Å². The topological polar surface area (TPSA) is 9.23 Å². The van der Waals surface area contributed by atoms with Crippen LogP contribution in [0.2, 0.25) is 0 Å². The van der Waals surface area contributed by atoms with Crippen molar-refractivity contribution in [2.45, 2.75) is 6.61 Å². The number of alkyl halides is 2. The molecule has 0 aliphatic heterocycles. The molecular formula is C11H7F2IO. The summed E-state index contributed by atoms with van der Waals surface area (Å²) in [5.41, 5.74) is 0. The van der Waals surface area contributed by atoms with E-state index in [9.17, 15) is 8.78 Å². The van der Waals surface area contributed by atoms with Crippen LogP contribution in [0.4, 0.5) is 8.78 Å². The first-order chi connectivity index (χ1) is 7.16. The Labute approximate surface area is 99.2 Å². The molecule has 0 aliphatic carbocycles. The standard InChI is InChI=1S/C11H7F2IO/c12-11(13)15-10-6-8(14)5-7-3-1-2-4-9(7)10/h1-6,11H. The van der Waals surface area contributed by atoms with Crippen molar-refractivity contribution in [3.05, 3.63) is 40.0 Å². The molecule has 4 heteroatoms. The minimum absolute atomic E-state index is 0.229. The fourth-order valence-electron chi connectivity index (χ4n) is 1.43. The van der Waals surface area contributed by atoms with Gasteiger partial charge in [-0.05, 0) is 40.1 Å². The zero-order chi connectivity index (χ0) is 10.8. The second-order valence-electron chi connectivity index (χ2n) is 3.00. The lowest BCUT2D eigenvalue weighted by molar-refractivity contribution is -0.0488. The average Bonchev–Trinajstić information content (AvgIpc) is 2.16. The van der Waals surface area contributed by atoms with Gasteiger partial charge < -0.3 is 4.74 Å². The van der Waals surface area contributed by atoms with E-state index in [0.717, 1.165) is 8.96 Å². The number of ether oxygens (including phenoxy) is 1. The van der Waals surface area contributed by atoms with Gasteiger partial charge in [0.25, 0.3) is 0 Å². The van der Waals surface area contributed by atoms with Gasteiger partial charge >= 0.3 is 6.61 Å². The zero-order valence-corrected chi connectivity index (χ0v) is 9.74. The summed E-state index contributed by atoms with van der Waals surface area (Å²) in [6, 6.07) is 10.8. The van der Waals surface area contributed by atoms with Crippen LogP contribution < -0.4 is 4.74 Å². The Bertz CT molecular complexity index is 485. The Morgan fingerprint density at radius 1 is 1.13 bits per heavy atom. The third-order valence-electron chi connectivity index (χ3n) is 2.00. The van der Waals surface area contributed by atoms with Crippen molar-refractivity contribution in [3.8, 4) is 5.75 Å². The van der Waals surface area contributed by atoms with E-state index in [4.69, 9.17) is 0 Å². The molecule has 0 unspecified atom stereocenters. The van der Waals surface area contributed by atoms with E-state index < -0.39 is 6.61 Å². The van der Waals surface area contributed by atoms with Crippen LogP contribution in [0, 0.1) is 3.57 Å². The normalized spacial score (nSPS) is 10.9. The minimum Gasteiger partial charge on any atom is -0.434 e. The fraction of sp³-hybridized carbons (Fsp3) is 0.0909. The largest absolute Gasteiger partial charge is 0.434 e. The Hall–Kier alpha value is -0.910. The molecule has 0 radical (unpaired) electrons. The van der Waals surface area contributed by atoms with Gasteiger partial charge in [0.2, 0.25) is 0 Å². The van der Waals surface area contributed by atoms with Gasteiger partial charge in [-0.1, -0.05) is 24.3 Å². The molecule has 2 rings (SSSR count). The van der Waals surface area contributed by atoms with Crippen LogP contribution in [-0.4, -0.2) is 6.61 Å². The molecule has 2 aromatic rings. The molecule has 0 heterocycles. The van der Waals surface area contributed by atoms with Crippen molar-refractivity contribution >= 4 is 33.4 Å². The molecule has 0 spiro atoms. The van der Waals surface area contributed by atoms with Crippen molar-refractivity contribution in [2.24, 2.45) is 0 Å². The van der Waals surface area contributed by atoms with Gasteiger partial charge in [-0.2, -0.15) is 8.78 Å². The lowest BCUT2D eigenvalue weighted by atomic mass is 10.1. The summed E-state index contributed by atoms with van der Waals surface area (Å²) in [6.07, 6.45) is 0. The average molecular weight is 320 g/mol. The number of benzene rings is 2. The van der Waals surface area contributed by atoms with E-state index in [1.54, 1.807) is 18.2 Å². The summed E-state index contributed by atoms with van der Waals surface area (Å²) in [4.78, 5) is 0. The van der Waals surface area contributed by atoms with Crippen LogP contribution in [0.15, 0.2) is 36.4 Å². The first-order valence-electron chi connectivity index (χ1n) is 4.30. The SMILES string of the molecule is FC(F)Oc1cc(I)cc2ccccc12. The molecular weight excluding hydrogens is 313 g/mol. The molecule has 1 nitrogen and oxygen atoms in total. The Morgan fingerprint density at radius 3 is 2.60 bits per heavy atom. The monoisotopic (exact) mass is 320 g/mol. The lowest BCUT2D eigenvalue weighted by Gasteiger charge is -2.08. The molecule has 0 saturated carbocycles. The van der Waals surface area contributed by atoms with E-state index in [1.165, 1.54) is 0 Å². The number of fused-ring (bicyclic) bond motifs is 1. The second-order valence-corrected chi connectivity index (χ2v) is 4.25. The summed E-state index contributed by atoms with van der Waals surface area (Å²) in [5, 5.41) is 1.61. The molecule has 2 aromatic carbocycles. The minimum atomic E-state index is -2.79. The molecule has 0 bridgehead atoms. The molecule has 0 amide bonds. The molecule has 15 heavy (non-hydrogen) atoms. The summed E-state index contributed by atoms with van der Waals surface area (Å²) in [6.45, 7) is -2.79. The molecule has 0 N–H and O–H groups in total. The number of rotatable bonds is 2. The zero-order valence-electron chi connectivity index (χ0n) is 7.58. The van der Waals surface area contributed by atoms with Crippen LogP contribution in [0.3, 0.4) is 0 Å². The highest BCUT2D eigenvalue weighted by Gasteiger charge is 2.08. The molecule has 78 valence electrons. The van der Waals surface area contributed by atoms with Crippen LogP contribution >= 0.6 is 22.6 Å². The Morgan fingerprint density at radius 2 is 1.87 bits per heavy atom. The molecule has 0 saturated heterocycles. The maximum absolute atomic E-state index is 12.2. The van der Waals surface area contributed by atoms with Crippen molar-refractivity contribution in [1.29, 1.82) is 0 Å². The summed E-state index contributed by atoms with van der Waals surface area (Å²) < 4.78 is 29.7. The van der Waals surface area contributed by atoms with Crippen LogP contribution in [0.5, 0.6) is 5.75 Å². The van der Waals surface area contributed by atoms with Crippen molar-refractivity contribution in [2.75, 3.05) is 0 Å². The van der Waals surface area contributed by atoms with Gasteiger partial charge in [0.05, 0.1) is 0 Å². The van der Waals surface area contributed by atoms with Gasteiger partial charge in [-0.15, -0.1) is 0 Å². The van der Waals surface area contributed by atoms with Crippen LogP contribution in [0.25, 0.3) is 10.8 Å². The fourth-order valence-corrected chi connectivity index (χ4v) is 2.05. The quantitative estimate of drug-likeness (QED) is 0.759. The second kappa shape index (κ2) is 4.30. The molecule has 0 aromatic heterocycles. The van der Waals surface area contributed by atoms with E-state index in [2.05, 4.69) is 27.3 Å². The van der Waals surface area contributed by atoms with Gasteiger partial charge in [-0.3, -0.25) is 0 Å². The smallest absolute Gasteiger partial charge is 0.387 e. The van der Waals surface area contributed by atoms with E-state index in [-0.39, 0.29) is 5.75 Å². The van der Waals surface area contributed by atoms with Crippen LogP contribution in [0.1, 0.15) is 0 Å². The summed E-state index contributed by atoms with van der Waals surface area (Å²) >= 11 is 2.08. The van der Waals surface area contributed by atoms with Gasteiger partial charge in [-0.25, -0.2) is 0 Å². The van der Waals surface area contributed by atoms with Crippen LogP contribution in [-0.2, 0) is 0 Å². The first-order valence-corrected chi connectivity index (χ1v) is 5.38. The summed E-state index contributed by atoms with van der Waals surface area (Å²) in [5.74, 6) is 0.229. The van der Waals surface area contributed by atoms with Gasteiger partial charge in [0.15, 0.2) is 0 Å². The highest BCUT2D eigenvalue weighted by molar-refractivity contribution is 14.1. The summed E-state index contributed by atoms with van der Waals surface area (Å²) in [7, 11) is 0. The predicted molar refractivity (Wildman–Crippen MR) is 63.3 cm³/mol. The molecule has 0 atom stereocenters. The third kappa shape index (κ3) is 2.37. The predicted octanol–water partition coefficient (Wildman–Crippen LogP) is 4.05. The van der Waals surface area contributed by atoms with E-state index >= 15 is 0 Å². The molecule has 0 fully saturated rings. The van der Waals surface area contributed by atoms with Gasteiger partial charge in [0, 0.05) is 8.96 Å². The van der Waals surface area contributed by atoms with Gasteiger partial charge in [0.1, 0.15) is 5.75 Å².